The van der Waals surface area contributed by atoms with Crippen molar-refractivity contribution < 1.29 is 0 Å². The van der Waals surface area contributed by atoms with Crippen LogP contribution in [-0.2, 0) is 0 Å². The van der Waals surface area contributed by atoms with Crippen LogP contribution in [0.15, 0.2) is 47.1 Å². The lowest BCUT2D eigenvalue weighted by molar-refractivity contribution is 0.852. The van der Waals surface area contributed by atoms with Gasteiger partial charge < -0.3 is 5.32 Å². The van der Waals surface area contributed by atoms with Gasteiger partial charge in [0.15, 0.2) is 5.65 Å². The fourth-order valence-corrected chi connectivity index (χ4v) is 2.40. The fourth-order valence-electron chi connectivity index (χ4n) is 1.95. The Morgan fingerprint density at radius 1 is 1.20 bits per heavy atom. The third kappa shape index (κ3) is 2.78. The molecule has 0 bridgehead atoms. The zero-order valence-corrected chi connectivity index (χ0v) is 13.1. The van der Waals surface area contributed by atoms with E-state index in [1.165, 1.54) is 0 Å². The molecule has 0 spiro atoms. The van der Waals surface area contributed by atoms with Gasteiger partial charge in [-0.25, -0.2) is 4.52 Å². The van der Waals surface area contributed by atoms with E-state index in [-0.39, 0.29) is 6.04 Å². The zero-order valence-electron chi connectivity index (χ0n) is 10.7. The molecular formula is C14H12BrClN4. The molecule has 3 aromatic rings. The highest BCUT2D eigenvalue weighted by Crippen LogP contribution is 2.20. The summed E-state index contributed by atoms with van der Waals surface area (Å²) in [6.45, 7) is 2.06. The third-order valence-corrected chi connectivity index (χ3v) is 3.73. The molecule has 20 heavy (non-hydrogen) atoms. The van der Waals surface area contributed by atoms with Gasteiger partial charge in [0.2, 0.25) is 5.95 Å². The average molecular weight is 352 g/mol. The highest BCUT2D eigenvalue weighted by atomic mass is 79.9. The predicted molar refractivity (Wildman–Crippen MR) is 84.2 cm³/mol. The lowest BCUT2D eigenvalue weighted by Crippen LogP contribution is -2.07. The summed E-state index contributed by atoms with van der Waals surface area (Å²) < 4.78 is 2.70. The van der Waals surface area contributed by atoms with Crippen LogP contribution < -0.4 is 5.32 Å². The zero-order chi connectivity index (χ0) is 14.1. The highest BCUT2D eigenvalue weighted by molar-refractivity contribution is 9.10. The molecule has 2 heterocycles. The summed E-state index contributed by atoms with van der Waals surface area (Å²) in [4.78, 5) is 4.43. The highest BCUT2D eigenvalue weighted by Gasteiger charge is 2.09. The van der Waals surface area contributed by atoms with E-state index < -0.39 is 0 Å². The first kappa shape index (κ1) is 13.4. The van der Waals surface area contributed by atoms with Gasteiger partial charge in [-0.2, -0.15) is 4.98 Å². The Morgan fingerprint density at radius 3 is 2.70 bits per heavy atom. The molecule has 1 N–H and O–H groups in total. The van der Waals surface area contributed by atoms with Crippen molar-refractivity contribution in [2.24, 2.45) is 0 Å². The second-order valence-corrected chi connectivity index (χ2v) is 5.86. The summed E-state index contributed by atoms with van der Waals surface area (Å²) >= 11 is 9.31. The largest absolute Gasteiger partial charge is 0.346 e. The van der Waals surface area contributed by atoms with Crippen LogP contribution in [-0.4, -0.2) is 14.6 Å². The molecule has 3 rings (SSSR count). The van der Waals surface area contributed by atoms with Crippen molar-refractivity contribution in [3.8, 4) is 0 Å². The molecule has 0 fully saturated rings. The summed E-state index contributed by atoms with van der Waals surface area (Å²) in [5.41, 5.74) is 1.94. The molecule has 102 valence electrons. The molecule has 0 aliphatic heterocycles. The van der Waals surface area contributed by atoms with E-state index >= 15 is 0 Å². The molecule has 1 atom stereocenters. The van der Waals surface area contributed by atoms with Crippen LogP contribution in [0.2, 0.25) is 5.02 Å². The third-order valence-electron chi connectivity index (χ3n) is 3.01. The minimum Gasteiger partial charge on any atom is -0.346 e. The number of nitrogens with one attached hydrogen (secondary N) is 1. The van der Waals surface area contributed by atoms with Crippen molar-refractivity contribution in [3.63, 3.8) is 0 Å². The summed E-state index contributed by atoms with van der Waals surface area (Å²) in [6, 6.07) is 11.7. The first-order chi connectivity index (χ1) is 9.61. The maximum Gasteiger partial charge on any atom is 0.243 e. The number of hydrogen-bond acceptors (Lipinski definition) is 3. The first-order valence-electron chi connectivity index (χ1n) is 6.16. The lowest BCUT2D eigenvalue weighted by Gasteiger charge is -2.12. The van der Waals surface area contributed by atoms with E-state index in [9.17, 15) is 0 Å². The van der Waals surface area contributed by atoms with Gasteiger partial charge in [0.1, 0.15) is 0 Å². The molecule has 0 radical (unpaired) electrons. The summed E-state index contributed by atoms with van der Waals surface area (Å²) in [7, 11) is 0. The monoisotopic (exact) mass is 350 g/mol. The normalized spacial score (nSPS) is 12.6. The van der Waals surface area contributed by atoms with Gasteiger partial charge in [-0.1, -0.05) is 23.7 Å². The van der Waals surface area contributed by atoms with Crippen molar-refractivity contribution >= 4 is 39.1 Å². The van der Waals surface area contributed by atoms with E-state index in [4.69, 9.17) is 11.6 Å². The van der Waals surface area contributed by atoms with Crippen LogP contribution in [0.25, 0.3) is 5.65 Å². The van der Waals surface area contributed by atoms with E-state index in [0.717, 1.165) is 20.7 Å². The molecule has 0 saturated carbocycles. The van der Waals surface area contributed by atoms with E-state index in [2.05, 4.69) is 38.3 Å². The second kappa shape index (κ2) is 5.42. The SMILES string of the molecule is CC(Nc1nc2ccc(Br)cn2n1)c1ccc(Cl)cc1. The van der Waals surface area contributed by atoms with Crippen LogP contribution in [0.4, 0.5) is 5.95 Å². The van der Waals surface area contributed by atoms with Crippen molar-refractivity contribution in [3.05, 3.63) is 57.7 Å². The molecule has 2 aromatic heterocycles. The molecule has 0 saturated heterocycles. The van der Waals surface area contributed by atoms with Gasteiger partial charge in [-0.3, -0.25) is 0 Å². The Hall–Kier alpha value is -1.59. The Kier molecular flexibility index (Phi) is 3.63. The minimum absolute atomic E-state index is 0.105. The van der Waals surface area contributed by atoms with Gasteiger partial charge >= 0.3 is 0 Å². The Bertz CT molecular complexity index is 739. The minimum atomic E-state index is 0.105. The molecule has 1 aromatic carbocycles. The maximum atomic E-state index is 5.89. The lowest BCUT2D eigenvalue weighted by atomic mass is 10.1. The van der Waals surface area contributed by atoms with Crippen LogP contribution in [0, 0.1) is 0 Å². The van der Waals surface area contributed by atoms with Crippen molar-refractivity contribution in [1.29, 1.82) is 0 Å². The number of fused-ring (bicyclic) bond motifs is 1. The van der Waals surface area contributed by atoms with Crippen LogP contribution >= 0.6 is 27.5 Å². The average Bonchev–Trinajstić information content (AvgIpc) is 2.80. The van der Waals surface area contributed by atoms with Crippen LogP contribution in [0.3, 0.4) is 0 Å². The number of pyridine rings is 1. The Labute approximate surface area is 129 Å². The van der Waals surface area contributed by atoms with Gasteiger partial charge in [-0.05, 0) is 52.7 Å². The molecule has 0 aliphatic carbocycles. The van der Waals surface area contributed by atoms with Gasteiger partial charge in [0, 0.05) is 15.7 Å². The number of hydrogen-bond donors (Lipinski definition) is 1. The maximum absolute atomic E-state index is 5.89. The van der Waals surface area contributed by atoms with E-state index in [1.807, 2.05) is 42.6 Å². The van der Waals surface area contributed by atoms with E-state index in [0.29, 0.717) is 5.95 Å². The number of aromatic nitrogens is 3. The second-order valence-electron chi connectivity index (χ2n) is 4.50. The fraction of sp³-hybridized carbons (Fsp3) is 0.143. The van der Waals surface area contributed by atoms with Crippen molar-refractivity contribution in [2.45, 2.75) is 13.0 Å². The molecule has 1 unspecified atom stereocenters. The van der Waals surface area contributed by atoms with Gasteiger partial charge in [-0.15, -0.1) is 5.10 Å². The molecule has 0 amide bonds. The standard InChI is InChI=1S/C14H12BrClN4/c1-9(10-2-5-12(16)6-3-10)17-14-18-13-7-4-11(15)8-20(13)19-14/h2-9H,1H3,(H,17,19). The van der Waals surface area contributed by atoms with Crippen LogP contribution in [0.1, 0.15) is 18.5 Å². The topological polar surface area (TPSA) is 42.2 Å². The summed E-state index contributed by atoms with van der Waals surface area (Å²) in [5, 5.41) is 8.41. The predicted octanol–water partition coefficient (Wildman–Crippen LogP) is 4.32. The Balaban J connectivity index is 1.83. The molecule has 0 aliphatic rings. The smallest absolute Gasteiger partial charge is 0.243 e. The summed E-state index contributed by atoms with van der Waals surface area (Å²) in [5.74, 6) is 0.602. The number of rotatable bonds is 3. The number of benzene rings is 1. The molecular weight excluding hydrogens is 340 g/mol. The van der Waals surface area contributed by atoms with Crippen LogP contribution in [0.5, 0.6) is 0 Å². The number of anilines is 1. The Morgan fingerprint density at radius 2 is 1.95 bits per heavy atom. The quantitative estimate of drug-likeness (QED) is 0.764. The molecule has 4 nitrogen and oxygen atoms in total. The number of nitrogens with zero attached hydrogens (tertiary/aromatic N) is 3. The summed E-state index contributed by atoms with van der Waals surface area (Å²) in [6.07, 6.45) is 1.88. The molecule has 6 heteroatoms. The van der Waals surface area contributed by atoms with Crippen molar-refractivity contribution in [1.82, 2.24) is 14.6 Å². The van der Waals surface area contributed by atoms with Gasteiger partial charge in [0.25, 0.3) is 0 Å². The van der Waals surface area contributed by atoms with Crippen molar-refractivity contribution in [2.75, 3.05) is 5.32 Å². The first-order valence-corrected chi connectivity index (χ1v) is 7.33. The van der Waals surface area contributed by atoms with Gasteiger partial charge in [0.05, 0.1) is 6.04 Å². The van der Waals surface area contributed by atoms with E-state index in [1.54, 1.807) is 4.52 Å². The number of halogens is 2.